The van der Waals surface area contributed by atoms with Crippen LogP contribution in [0.3, 0.4) is 0 Å². The van der Waals surface area contributed by atoms with Crippen molar-refractivity contribution in [2.45, 2.75) is 6.92 Å². The largest absolute Gasteiger partial charge is 0.369 e. The van der Waals surface area contributed by atoms with Crippen molar-refractivity contribution in [1.82, 2.24) is 15.1 Å². The Morgan fingerprint density at radius 1 is 1.18 bits per heavy atom. The Morgan fingerprint density at radius 3 is 2.71 bits per heavy atom. The van der Waals surface area contributed by atoms with Crippen LogP contribution in [0.15, 0.2) is 18.3 Å². The van der Waals surface area contributed by atoms with Gasteiger partial charge < -0.3 is 9.80 Å². The fourth-order valence-corrected chi connectivity index (χ4v) is 2.48. The minimum absolute atomic E-state index is 1.11. The summed E-state index contributed by atoms with van der Waals surface area (Å²) in [6.45, 7) is 6.68. The van der Waals surface area contributed by atoms with Gasteiger partial charge in [0.05, 0.1) is 11.7 Å². The Balaban J connectivity index is 1.96. The fraction of sp³-hybridized carbons (Fsp3) is 0.462. The van der Waals surface area contributed by atoms with Crippen molar-refractivity contribution in [2.24, 2.45) is 0 Å². The molecule has 90 valence electrons. The molecule has 1 aromatic carbocycles. The zero-order valence-electron chi connectivity index (χ0n) is 10.4. The number of H-pyrrole nitrogens is 1. The maximum absolute atomic E-state index is 4.09. The van der Waals surface area contributed by atoms with Crippen molar-refractivity contribution in [3.63, 3.8) is 0 Å². The molecule has 0 atom stereocenters. The predicted molar refractivity (Wildman–Crippen MR) is 70.5 cm³/mol. The molecule has 0 aliphatic carbocycles. The molecule has 0 spiro atoms. The molecule has 4 nitrogen and oxygen atoms in total. The molecule has 2 heterocycles. The van der Waals surface area contributed by atoms with E-state index in [1.54, 1.807) is 0 Å². The Morgan fingerprint density at radius 2 is 1.94 bits per heavy atom. The van der Waals surface area contributed by atoms with Crippen LogP contribution in [0.25, 0.3) is 10.9 Å². The van der Waals surface area contributed by atoms with Crippen LogP contribution in [-0.2, 0) is 0 Å². The lowest BCUT2D eigenvalue weighted by molar-refractivity contribution is 0.313. The van der Waals surface area contributed by atoms with Crippen LogP contribution in [0.2, 0.25) is 0 Å². The summed E-state index contributed by atoms with van der Waals surface area (Å²) in [6.07, 6.45) is 1.89. The second-order valence-electron chi connectivity index (χ2n) is 4.89. The third-order valence-corrected chi connectivity index (χ3v) is 3.60. The van der Waals surface area contributed by atoms with Crippen LogP contribution in [0.1, 0.15) is 5.56 Å². The number of aromatic amines is 1. The van der Waals surface area contributed by atoms with E-state index in [9.17, 15) is 0 Å². The van der Waals surface area contributed by atoms with Crippen LogP contribution in [0.4, 0.5) is 5.69 Å². The molecule has 1 aliphatic heterocycles. The first kappa shape index (κ1) is 10.6. The van der Waals surface area contributed by atoms with E-state index in [4.69, 9.17) is 0 Å². The van der Waals surface area contributed by atoms with Gasteiger partial charge in [0.25, 0.3) is 0 Å². The van der Waals surface area contributed by atoms with Crippen molar-refractivity contribution in [3.8, 4) is 0 Å². The van der Waals surface area contributed by atoms with Gasteiger partial charge in [0, 0.05) is 37.3 Å². The number of piperazine rings is 1. The molecular formula is C13H18N4. The summed E-state index contributed by atoms with van der Waals surface area (Å²) in [5.41, 5.74) is 3.81. The Hall–Kier alpha value is -1.55. The second kappa shape index (κ2) is 4.04. The van der Waals surface area contributed by atoms with Gasteiger partial charge in [-0.15, -0.1) is 0 Å². The lowest BCUT2D eigenvalue weighted by Gasteiger charge is -2.34. The standard InChI is InChI=1S/C13H18N4/c1-10-7-11-9-14-15-12(11)8-13(10)17-5-3-16(2)4-6-17/h7-9H,3-6H2,1-2H3,(H,14,15). The van der Waals surface area contributed by atoms with E-state index in [-0.39, 0.29) is 0 Å². The lowest BCUT2D eigenvalue weighted by Crippen LogP contribution is -2.44. The van der Waals surface area contributed by atoms with Crippen LogP contribution in [-0.4, -0.2) is 48.3 Å². The minimum Gasteiger partial charge on any atom is -0.369 e. The summed E-state index contributed by atoms with van der Waals surface area (Å²) in [7, 11) is 2.18. The summed E-state index contributed by atoms with van der Waals surface area (Å²) in [6, 6.07) is 4.44. The number of hydrogen-bond acceptors (Lipinski definition) is 3. The smallest absolute Gasteiger partial charge is 0.0671 e. The summed E-state index contributed by atoms with van der Waals surface area (Å²) in [4.78, 5) is 4.84. The predicted octanol–water partition coefficient (Wildman–Crippen LogP) is 1.62. The molecule has 0 unspecified atom stereocenters. The SMILES string of the molecule is Cc1cc2cn[nH]c2cc1N1CCN(C)CC1. The number of nitrogens with zero attached hydrogens (tertiary/aromatic N) is 3. The Labute approximate surface area is 101 Å². The Kier molecular flexibility index (Phi) is 2.52. The third-order valence-electron chi connectivity index (χ3n) is 3.60. The third kappa shape index (κ3) is 1.89. The molecule has 3 rings (SSSR count). The molecule has 1 fully saturated rings. The van der Waals surface area contributed by atoms with Gasteiger partial charge in [0.15, 0.2) is 0 Å². The molecule has 2 aromatic rings. The van der Waals surface area contributed by atoms with Crippen LogP contribution >= 0.6 is 0 Å². The van der Waals surface area contributed by atoms with E-state index < -0.39 is 0 Å². The van der Waals surface area contributed by atoms with Crippen molar-refractivity contribution in [3.05, 3.63) is 23.9 Å². The highest BCUT2D eigenvalue weighted by molar-refractivity contribution is 5.83. The maximum Gasteiger partial charge on any atom is 0.0671 e. The monoisotopic (exact) mass is 230 g/mol. The first-order chi connectivity index (χ1) is 8.24. The molecule has 1 N–H and O–H groups in total. The van der Waals surface area contributed by atoms with Gasteiger partial charge in [-0.25, -0.2) is 0 Å². The number of benzene rings is 1. The minimum atomic E-state index is 1.11. The van der Waals surface area contributed by atoms with Crippen molar-refractivity contribution < 1.29 is 0 Å². The first-order valence-corrected chi connectivity index (χ1v) is 6.11. The van der Waals surface area contributed by atoms with E-state index >= 15 is 0 Å². The average molecular weight is 230 g/mol. The molecule has 1 saturated heterocycles. The summed E-state index contributed by atoms with van der Waals surface area (Å²) in [5.74, 6) is 0. The van der Waals surface area contributed by atoms with E-state index in [1.165, 1.54) is 16.6 Å². The number of hydrogen-bond donors (Lipinski definition) is 1. The number of aromatic nitrogens is 2. The van der Waals surface area contributed by atoms with Crippen LogP contribution in [0, 0.1) is 6.92 Å². The van der Waals surface area contributed by atoms with Crippen LogP contribution < -0.4 is 4.90 Å². The summed E-state index contributed by atoms with van der Waals surface area (Å²) < 4.78 is 0. The number of aryl methyl sites for hydroxylation is 1. The zero-order chi connectivity index (χ0) is 11.8. The van der Waals surface area contributed by atoms with Crippen molar-refractivity contribution in [1.29, 1.82) is 0 Å². The number of likely N-dealkylation sites (N-methyl/N-ethyl adjacent to an activating group) is 1. The summed E-state index contributed by atoms with van der Waals surface area (Å²) in [5, 5.41) is 8.33. The van der Waals surface area contributed by atoms with Gasteiger partial charge >= 0.3 is 0 Å². The van der Waals surface area contributed by atoms with Crippen molar-refractivity contribution >= 4 is 16.6 Å². The number of rotatable bonds is 1. The molecule has 0 bridgehead atoms. The van der Waals surface area contributed by atoms with E-state index in [2.05, 4.69) is 46.1 Å². The number of nitrogens with one attached hydrogen (secondary N) is 1. The van der Waals surface area contributed by atoms with Gasteiger partial charge in [0.1, 0.15) is 0 Å². The zero-order valence-corrected chi connectivity index (χ0v) is 10.4. The van der Waals surface area contributed by atoms with E-state index in [1.807, 2.05) is 6.20 Å². The van der Waals surface area contributed by atoms with E-state index in [0.29, 0.717) is 0 Å². The van der Waals surface area contributed by atoms with Crippen LogP contribution in [0.5, 0.6) is 0 Å². The average Bonchev–Trinajstić information content (AvgIpc) is 2.76. The first-order valence-electron chi connectivity index (χ1n) is 6.11. The van der Waals surface area contributed by atoms with Crippen molar-refractivity contribution in [2.75, 3.05) is 38.1 Å². The molecular weight excluding hydrogens is 212 g/mol. The molecule has 0 saturated carbocycles. The summed E-state index contributed by atoms with van der Waals surface area (Å²) >= 11 is 0. The van der Waals surface area contributed by atoms with Gasteiger partial charge in [-0.05, 0) is 31.7 Å². The molecule has 4 heteroatoms. The normalized spacial score (nSPS) is 17.9. The van der Waals surface area contributed by atoms with E-state index in [0.717, 1.165) is 31.7 Å². The fourth-order valence-electron chi connectivity index (χ4n) is 2.48. The number of fused-ring (bicyclic) bond motifs is 1. The molecule has 0 amide bonds. The highest BCUT2D eigenvalue weighted by atomic mass is 15.2. The number of anilines is 1. The highest BCUT2D eigenvalue weighted by Crippen LogP contribution is 2.26. The van der Waals surface area contributed by atoms with Gasteiger partial charge in [-0.2, -0.15) is 5.10 Å². The van der Waals surface area contributed by atoms with Gasteiger partial charge in [-0.3, -0.25) is 5.10 Å². The van der Waals surface area contributed by atoms with Gasteiger partial charge in [-0.1, -0.05) is 0 Å². The van der Waals surface area contributed by atoms with Gasteiger partial charge in [0.2, 0.25) is 0 Å². The highest BCUT2D eigenvalue weighted by Gasteiger charge is 2.16. The quantitative estimate of drug-likeness (QED) is 0.808. The second-order valence-corrected chi connectivity index (χ2v) is 4.89. The molecule has 1 aliphatic rings. The Bertz CT molecular complexity index is 523. The maximum atomic E-state index is 4.09. The lowest BCUT2D eigenvalue weighted by atomic mass is 10.1. The molecule has 17 heavy (non-hydrogen) atoms. The molecule has 0 radical (unpaired) electrons. The topological polar surface area (TPSA) is 35.2 Å². The molecule has 1 aromatic heterocycles.